The molecule has 1 aromatic rings. The van der Waals surface area contributed by atoms with E-state index >= 15 is 0 Å². The van der Waals surface area contributed by atoms with Gasteiger partial charge in [0.05, 0.1) is 20.1 Å². The van der Waals surface area contributed by atoms with Crippen LogP contribution in [0, 0.1) is 17.8 Å². The molecule has 150 valence electrons. The molecule has 0 aliphatic carbocycles. The molecule has 7 heteroatoms. The molecule has 0 radical (unpaired) electrons. The van der Waals surface area contributed by atoms with Crippen LogP contribution in [0.3, 0.4) is 0 Å². The lowest BCUT2D eigenvalue weighted by Crippen LogP contribution is -2.40. The zero-order valence-corrected chi connectivity index (χ0v) is 16.2. The van der Waals surface area contributed by atoms with Gasteiger partial charge in [-0.15, -0.1) is 0 Å². The highest BCUT2D eigenvalue weighted by Gasteiger charge is 2.30. The van der Waals surface area contributed by atoms with E-state index in [1.54, 1.807) is 14.2 Å². The molecule has 1 fully saturated rings. The van der Waals surface area contributed by atoms with Crippen molar-refractivity contribution in [1.29, 1.82) is 0 Å². The molecule has 0 spiro atoms. The molecule has 1 heterocycles. The van der Waals surface area contributed by atoms with Gasteiger partial charge in [-0.3, -0.25) is 9.59 Å². The maximum Gasteiger partial charge on any atom is 0.308 e. The fourth-order valence-electron chi connectivity index (χ4n) is 3.41. The number of carbonyl (C=O) groups is 2. The van der Waals surface area contributed by atoms with E-state index in [2.05, 4.69) is 5.32 Å². The molecule has 0 bridgehead atoms. The number of carboxylic acid groups (broad SMARTS) is 1. The lowest BCUT2D eigenvalue weighted by molar-refractivity contribution is -0.145. The highest BCUT2D eigenvalue weighted by Crippen LogP contribution is 2.28. The van der Waals surface area contributed by atoms with Crippen LogP contribution in [0.5, 0.6) is 11.5 Å². The number of carbonyl (C=O) groups excluding carboxylic acids is 1. The van der Waals surface area contributed by atoms with Gasteiger partial charge in [0, 0.05) is 25.7 Å². The van der Waals surface area contributed by atoms with Crippen molar-refractivity contribution >= 4 is 11.9 Å². The summed E-state index contributed by atoms with van der Waals surface area (Å²) in [6, 6.07) is 5.56. The standard InChI is InChI=1S/C20H29NO6/c1-13(10-14-4-5-17(25-2)18(11-14)26-3)19(22)21-12-16(20(23)24)15-6-8-27-9-7-15/h4-5,11,13,15-16H,6-10,12H2,1-3H3,(H,21,22)(H,23,24). The van der Waals surface area contributed by atoms with Crippen molar-refractivity contribution in [2.75, 3.05) is 34.0 Å². The lowest BCUT2D eigenvalue weighted by atomic mass is 9.86. The number of benzene rings is 1. The van der Waals surface area contributed by atoms with E-state index in [9.17, 15) is 14.7 Å². The molecule has 2 rings (SSSR count). The van der Waals surface area contributed by atoms with Gasteiger partial charge in [-0.05, 0) is 42.9 Å². The summed E-state index contributed by atoms with van der Waals surface area (Å²) in [6.07, 6.45) is 1.96. The van der Waals surface area contributed by atoms with Crippen LogP contribution in [0.15, 0.2) is 18.2 Å². The summed E-state index contributed by atoms with van der Waals surface area (Å²) in [5.74, 6) is -0.582. The van der Waals surface area contributed by atoms with E-state index < -0.39 is 11.9 Å². The molecule has 27 heavy (non-hydrogen) atoms. The Kier molecular flexibility index (Phi) is 7.91. The first-order chi connectivity index (χ1) is 13.0. The van der Waals surface area contributed by atoms with Crippen LogP contribution >= 0.6 is 0 Å². The summed E-state index contributed by atoms with van der Waals surface area (Å²) in [7, 11) is 3.14. The highest BCUT2D eigenvalue weighted by atomic mass is 16.5. The van der Waals surface area contributed by atoms with Gasteiger partial charge >= 0.3 is 5.97 Å². The molecule has 2 unspecified atom stereocenters. The average Bonchev–Trinajstić information content (AvgIpc) is 2.68. The predicted molar refractivity (Wildman–Crippen MR) is 100 cm³/mol. The summed E-state index contributed by atoms with van der Waals surface area (Å²) in [5, 5.41) is 12.3. The van der Waals surface area contributed by atoms with Crippen LogP contribution in [0.4, 0.5) is 0 Å². The number of rotatable bonds is 9. The van der Waals surface area contributed by atoms with Crippen LogP contribution in [-0.4, -0.2) is 51.0 Å². The van der Waals surface area contributed by atoms with Crippen molar-refractivity contribution in [1.82, 2.24) is 5.32 Å². The van der Waals surface area contributed by atoms with Gasteiger partial charge in [0.25, 0.3) is 0 Å². The molecular formula is C20H29NO6. The highest BCUT2D eigenvalue weighted by molar-refractivity contribution is 5.79. The summed E-state index contributed by atoms with van der Waals surface area (Å²) < 4.78 is 15.8. The smallest absolute Gasteiger partial charge is 0.308 e. The normalized spacial score (nSPS) is 17.0. The van der Waals surface area contributed by atoms with Crippen LogP contribution in [0.1, 0.15) is 25.3 Å². The van der Waals surface area contributed by atoms with E-state index in [0.717, 1.165) is 5.56 Å². The van der Waals surface area contributed by atoms with Gasteiger partial charge in [0.1, 0.15) is 0 Å². The quantitative estimate of drug-likeness (QED) is 0.683. The Morgan fingerprint density at radius 2 is 1.89 bits per heavy atom. The second-order valence-electron chi connectivity index (χ2n) is 6.93. The fraction of sp³-hybridized carbons (Fsp3) is 0.600. The van der Waals surface area contributed by atoms with Crippen LogP contribution < -0.4 is 14.8 Å². The molecule has 0 aromatic heterocycles. The molecule has 0 saturated carbocycles. The zero-order chi connectivity index (χ0) is 19.8. The van der Waals surface area contributed by atoms with E-state index in [-0.39, 0.29) is 24.3 Å². The first kappa shape index (κ1) is 21.0. The maximum absolute atomic E-state index is 12.5. The zero-order valence-electron chi connectivity index (χ0n) is 16.2. The Balaban J connectivity index is 1.91. The van der Waals surface area contributed by atoms with Crippen LogP contribution in [0.25, 0.3) is 0 Å². The van der Waals surface area contributed by atoms with E-state index in [4.69, 9.17) is 14.2 Å². The minimum absolute atomic E-state index is 0.0395. The van der Waals surface area contributed by atoms with Crippen LogP contribution in [-0.2, 0) is 20.7 Å². The van der Waals surface area contributed by atoms with E-state index in [1.165, 1.54) is 0 Å². The third-order valence-corrected chi connectivity index (χ3v) is 5.09. The third kappa shape index (κ3) is 5.85. The third-order valence-electron chi connectivity index (χ3n) is 5.09. The second-order valence-corrected chi connectivity index (χ2v) is 6.93. The Bertz CT molecular complexity index is 641. The number of methoxy groups -OCH3 is 2. The predicted octanol–water partition coefficient (Wildman–Crippen LogP) is 2.13. The topological polar surface area (TPSA) is 94.1 Å². The number of amides is 1. The minimum Gasteiger partial charge on any atom is -0.493 e. The number of hydrogen-bond acceptors (Lipinski definition) is 5. The first-order valence-electron chi connectivity index (χ1n) is 9.25. The van der Waals surface area contributed by atoms with Gasteiger partial charge in [-0.2, -0.15) is 0 Å². The Hall–Kier alpha value is -2.28. The molecule has 1 aromatic carbocycles. The Morgan fingerprint density at radius 1 is 1.22 bits per heavy atom. The molecule has 7 nitrogen and oxygen atoms in total. The van der Waals surface area contributed by atoms with Gasteiger partial charge in [-0.25, -0.2) is 0 Å². The summed E-state index contributed by atoms with van der Waals surface area (Å²) in [5.41, 5.74) is 0.953. The van der Waals surface area contributed by atoms with Crippen molar-refractivity contribution in [3.8, 4) is 11.5 Å². The van der Waals surface area contributed by atoms with Gasteiger partial charge < -0.3 is 24.6 Å². The molecule has 2 N–H and O–H groups in total. The average molecular weight is 379 g/mol. The molecular weight excluding hydrogens is 350 g/mol. The Labute approximate surface area is 160 Å². The Morgan fingerprint density at radius 3 is 2.48 bits per heavy atom. The van der Waals surface area contributed by atoms with Crippen molar-refractivity contribution in [2.24, 2.45) is 17.8 Å². The minimum atomic E-state index is -0.866. The molecule has 1 aliphatic rings. The number of carboxylic acids is 1. The van der Waals surface area contributed by atoms with Gasteiger partial charge in [0.15, 0.2) is 11.5 Å². The first-order valence-corrected chi connectivity index (χ1v) is 9.25. The molecule has 1 aliphatic heterocycles. The van der Waals surface area contributed by atoms with Gasteiger partial charge in [0.2, 0.25) is 5.91 Å². The SMILES string of the molecule is COc1ccc(CC(C)C(=O)NCC(C(=O)O)C2CCOCC2)cc1OC. The number of aliphatic carboxylic acids is 1. The number of hydrogen-bond donors (Lipinski definition) is 2. The molecule has 1 saturated heterocycles. The van der Waals surface area contributed by atoms with Crippen molar-refractivity contribution < 1.29 is 28.9 Å². The fourth-order valence-corrected chi connectivity index (χ4v) is 3.41. The number of nitrogens with one attached hydrogen (secondary N) is 1. The molecule has 1 amide bonds. The van der Waals surface area contributed by atoms with Gasteiger partial charge in [-0.1, -0.05) is 13.0 Å². The van der Waals surface area contributed by atoms with E-state index in [0.29, 0.717) is 44.0 Å². The van der Waals surface area contributed by atoms with Crippen LogP contribution in [0.2, 0.25) is 0 Å². The molecule has 2 atom stereocenters. The second kappa shape index (κ2) is 10.2. The maximum atomic E-state index is 12.5. The summed E-state index contributed by atoms with van der Waals surface area (Å²) in [6.45, 7) is 3.14. The monoisotopic (exact) mass is 379 g/mol. The van der Waals surface area contributed by atoms with E-state index in [1.807, 2.05) is 25.1 Å². The number of ether oxygens (including phenoxy) is 3. The van der Waals surface area contributed by atoms with Crippen molar-refractivity contribution in [2.45, 2.75) is 26.2 Å². The largest absolute Gasteiger partial charge is 0.493 e. The summed E-state index contributed by atoms with van der Waals surface area (Å²) >= 11 is 0. The van der Waals surface area contributed by atoms with Crippen molar-refractivity contribution in [3.63, 3.8) is 0 Å². The summed E-state index contributed by atoms with van der Waals surface area (Å²) in [4.78, 5) is 24.0. The lowest BCUT2D eigenvalue weighted by Gasteiger charge is -2.28. The van der Waals surface area contributed by atoms with Crippen molar-refractivity contribution in [3.05, 3.63) is 23.8 Å².